The smallest absolute Gasteiger partial charge is 0.335 e. The van der Waals surface area contributed by atoms with Crippen LogP contribution in [0.5, 0.6) is 0 Å². The third-order valence-corrected chi connectivity index (χ3v) is 10.5. The first kappa shape index (κ1) is 20.9. The molecule has 1 N–H and O–H groups in total. The van der Waals surface area contributed by atoms with Gasteiger partial charge in [-0.25, -0.2) is 4.79 Å². The molecule has 2 heterocycles. The van der Waals surface area contributed by atoms with E-state index in [4.69, 9.17) is 13.9 Å². The summed E-state index contributed by atoms with van der Waals surface area (Å²) in [5, 5.41) is 10.3. The molecule has 0 radical (unpaired) electrons. The van der Waals surface area contributed by atoms with Crippen molar-refractivity contribution in [2.24, 2.45) is 28.6 Å². The number of carbonyl (C=O) groups excluding carboxylic acids is 1. The van der Waals surface area contributed by atoms with Crippen molar-refractivity contribution in [2.75, 3.05) is 0 Å². The maximum Gasteiger partial charge on any atom is 0.335 e. The molecule has 1 aliphatic heterocycles. The quantitative estimate of drug-likeness (QED) is 0.554. The van der Waals surface area contributed by atoms with Crippen LogP contribution in [0.4, 0.5) is 0 Å². The summed E-state index contributed by atoms with van der Waals surface area (Å²) in [6, 6.07) is 3.30. The molecular formula is C26H34O6. The largest absolute Gasteiger partial charge is 0.459 e. The Balaban J connectivity index is 1.41. The fourth-order valence-corrected chi connectivity index (χ4v) is 9.10. The number of aliphatic hydroxyl groups is 1. The lowest BCUT2D eigenvalue weighted by Gasteiger charge is -2.61. The van der Waals surface area contributed by atoms with Gasteiger partial charge in [-0.1, -0.05) is 13.8 Å². The Bertz CT molecular complexity index is 982. The van der Waals surface area contributed by atoms with Gasteiger partial charge in [0.15, 0.2) is 0 Å². The van der Waals surface area contributed by atoms with Gasteiger partial charge in [0, 0.05) is 24.3 Å². The monoisotopic (exact) mass is 442 g/mol. The van der Waals surface area contributed by atoms with Crippen LogP contribution in [-0.4, -0.2) is 35.0 Å². The molecule has 1 aromatic heterocycles. The van der Waals surface area contributed by atoms with Gasteiger partial charge in [-0.15, -0.1) is 0 Å². The Morgan fingerprint density at radius 3 is 2.66 bits per heavy atom. The zero-order valence-electron chi connectivity index (χ0n) is 19.2. The summed E-state index contributed by atoms with van der Waals surface area (Å²) in [7, 11) is 0. The predicted molar refractivity (Wildman–Crippen MR) is 116 cm³/mol. The maximum atomic E-state index is 12.1. The molecule has 6 nitrogen and oxygen atoms in total. The van der Waals surface area contributed by atoms with Crippen LogP contribution >= 0.6 is 0 Å². The van der Waals surface area contributed by atoms with Crippen molar-refractivity contribution in [1.29, 1.82) is 0 Å². The second-order valence-corrected chi connectivity index (χ2v) is 11.6. The predicted octanol–water partition coefficient (Wildman–Crippen LogP) is 3.80. The van der Waals surface area contributed by atoms with E-state index in [9.17, 15) is 14.7 Å². The van der Waals surface area contributed by atoms with Crippen molar-refractivity contribution in [3.63, 3.8) is 0 Å². The number of hydrogen-bond donors (Lipinski definition) is 1. The van der Waals surface area contributed by atoms with Gasteiger partial charge in [0.2, 0.25) is 0 Å². The molecule has 32 heavy (non-hydrogen) atoms. The Hall–Kier alpha value is -1.66. The van der Waals surface area contributed by atoms with E-state index in [1.807, 2.05) is 6.07 Å². The summed E-state index contributed by atoms with van der Waals surface area (Å²) in [5.41, 5.74) is 0.319. The number of rotatable bonds is 2. The van der Waals surface area contributed by atoms with Crippen LogP contribution in [0, 0.1) is 28.6 Å². The van der Waals surface area contributed by atoms with Gasteiger partial charge < -0.3 is 19.0 Å². The molecule has 1 saturated heterocycles. The third-order valence-electron chi connectivity index (χ3n) is 10.5. The molecule has 4 aliphatic carbocycles. The molecule has 6 heteroatoms. The molecule has 0 unspecified atom stereocenters. The number of hydrogen-bond acceptors (Lipinski definition) is 6. The van der Waals surface area contributed by atoms with Crippen LogP contribution in [0.25, 0.3) is 0 Å². The van der Waals surface area contributed by atoms with E-state index >= 15 is 0 Å². The fraction of sp³-hybridized carbons (Fsp3) is 0.769. The summed E-state index contributed by atoms with van der Waals surface area (Å²) >= 11 is 0. The van der Waals surface area contributed by atoms with Crippen molar-refractivity contribution in [1.82, 2.24) is 0 Å². The topological polar surface area (TPSA) is 89.3 Å². The highest BCUT2D eigenvalue weighted by molar-refractivity contribution is 5.66. The Morgan fingerprint density at radius 1 is 1.12 bits per heavy atom. The average molecular weight is 443 g/mol. The number of esters is 1. The molecule has 0 bridgehead atoms. The second-order valence-electron chi connectivity index (χ2n) is 11.6. The molecule has 4 saturated carbocycles. The first-order valence-corrected chi connectivity index (χ1v) is 12.3. The third kappa shape index (κ3) is 2.54. The lowest BCUT2D eigenvalue weighted by molar-refractivity contribution is -0.158. The fourth-order valence-electron chi connectivity index (χ4n) is 9.10. The van der Waals surface area contributed by atoms with Gasteiger partial charge in [-0.3, -0.25) is 4.79 Å². The number of carbonyl (C=O) groups is 1. The van der Waals surface area contributed by atoms with Crippen molar-refractivity contribution in [3.05, 3.63) is 34.4 Å². The van der Waals surface area contributed by atoms with Gasteiger partial charge in [0.1, 0.15) is 17.8 Å². The van der Waals surface area contributed by atoms with Gasteiger partial charge in [0.05, 0.1) is 12.4 Å². The highest BCUT2D eigenvalue weighted by atomic mass is 16.7. The van der Waals surface area contributed by atoms with Crippen molar-refractivity contribution >= 4 is 5.97 Å². The van der Waals surface area contributed by atoms with E-state index < -0.39 is 0 Å². The highest BCUT2D eigenvalue weighted by Gasteiger charge is 2.84. The normalized spacial score (nSPS) is 51.1. The van der Waals surface area contributed by atoms with Crippen LogP contribution < -0.4 is 5.63 Å². The zero-order chi connectivity index (χ0) is 22.5. The zero-order valence-corrected chi connectivity index (χ0v) is 19.2. The minimum absolute atomic E-state index is 0.0471. The number of aliphatic hydroxyl groups excluding tert-OH is 1. The average Bonchev–Trinajstić information content (AvgIpc) is 3.44. The van der Waals surface area contributed by atoms with Gasteiger partial charge in [-0.05, 0) is 79.7 Å². The van der Waals surface area contributed by atoms with E-state index in [0.29, 0.717) is 17.8 Å². The highest BCUT2D eigenvalue weighted by Crippen LogP contribution is 2.78. The van der Waals surface area contributed by atoms with Gasteiger partial charge in [0.25, 0.3) is 0 Å². The van der Waals surface area contributed by atoms with Crippen LogP contribution in [0.15, 0.2) is 27.6 Å². The van der Waals surface area contributed by atoms with Crippen molar-refractivity contribution < 1.29 is 23.8 Å². The molecule has 6 rings (SSSR count). The van der Waals surface area contributed by atoms with E-state index in [2.05, 4.69) is 13.8 Å². The van der Waals surface area contributed by atoms with E-state index in [1.165, 1.54) is 13.0 Å². The van der Waals surface area contributed by atoms with Crippen LogP contribution in [0.1, 0.15) is 77.2 Å². The van der Waals surface area contributed by atoms with E-state index in [0.717, 1.165) is 50.5 Å². The Morgan fingerprint density at radius 2 is 1.94 bits per heavy atom. The number of fused-ring (bicyclic) bond motifs is 3. The van der Waals surface area contributed by atoms with Gasteiger partial charge in [-0.2, -0.15) is 0 Å². The summed E-state index contributed by atoms with van der Waals surface area (Å²) in [4.78, 5) is 23.7. The standard InChI is InChI=1S/C26H34O6/c1-14(27)31-22-21(15-4-7-20(29)30-13-15)25(3)11-9-18-19(26(25)23(22)32-26)6-5-16-12-17(28)8-10-24(16,18)2/h4,7,13,16-19,21-23,28H,5-6,8-12H2,1-3H3/t16-,17-,18-,19+,21-,22-,23+,24-,25+,26-/m0/s1. The number of epoxide rings is 1. The summed E-state index contributed by atoms with van der Waals surface area (Å²) in [6.07, 6.45) is 8.20. The molecule has 174 valence electrons. The Kier molecular flexibility index (Phi) is 4.37. The maximum absolute atomic E-state index is 12.1. The summed E-state index contributed by atoms with van der Waals surface area (Å²) in [5.74, 6) is 1.24. The van der Waals surface area contributed by atoms with Crippen LogP contribution in [-0.2, 0) is 14.3 Å². The minimum atomic E-state index is -0.369. The molecule has 1 spiro atoms. The lowest BCUT2D eigenvalue weighted by atomic mass is 9.44. The second kappa shape index (κ2) is 6.69. The van der Waals surface area contributed by atoms with Crippen LogP contribution in [0.3, 0.4) is 0 Å². The molecule has 5 aliphatic rings. The van der Waals surface area contributed by atoms with Crippen LogP contribution in [0.2, 0.25) is 0 Å². The van der Waals surface area contributed by atoms with Crippen molar-refractivity contribution in [2.45, 2.75) is 95.5 Å². The summed E-state index contributed by atoms with van der Waals surface area (Å²) in [6.45, 7) is 6.23. The van der Waals surface area contributed by atoms with E-state index in [1.54, 1.807) is 6.26 Å². The van der Waals surface area contributed by atoms with Crippen molar-refractivity contribution in [3.8, 4) is 0 Å². The lowest BCUT2D eigenvalue weighted by Crippen LogP contribution is -2.58. The molecule has 1 aromatic rings. The van der Waals surface area contributed by atoms with Gasteiger partial charge >= 0.3 is 11.6 Å². The molecular weight excluding hydrogens is 408 g/mol. The first-order valence-electron chi connectivity index (χ1n) is 12.3. The molecule has 10 atom stereocenters. The number of ether oxygens (including phenoxy) is 2. The SMILES string of the molecule is CC(=O)O[C@@H]1[C@H]2O[C@@]23[C@@H]2CC[C@H]4C[C@@H](O)CC[C@]4(C)[C@H]2CC[C@]3(C)[C@H]1c1ccc(=O)oc1. The molecule has 0 amide bonds. The molecule has 5 fully saturated rings. The minimum Gasteiger partial charge on any atom is -0.459 e. The van der Waals surface area contributed by atoms with E-state index in [-0.39, 0.29) is 52.3 Å². The Labute approximate surface area is 188 Å². The molecule has 0 aromatic carbocycles. The first-order chi connectivity index (χ1) is 15.2. The summed E-state index contributed by atoms with van der Waals surface area (Å²) < 4.78 is 17.8.